The monoisotopic (exact) mass is 222 g/mol. The Morgan fingerprint density at radius 2 is 2.06 bits per heavy atom. The number of hydrogen-bond acceptors (Lipinski definition) is 3. The molecule has 1 aromatic rings. The lowest BCUT2D eigenvalue weighted by molar-refractivity contribution is -0.134. The molecule has 0 aromatic heterocycles. The van der Waals surface area contributed by atoms with Gasteiger partial charge in [-0.15, -0.1) is 0 Å². The van der Waals surface area contributed by atoms with E-state index in [1.165, 1.54) is 0 Å². The lowest BCUT2D eigenvalue weighted by Gasteiger charge is -2.08. The molecule has 0 amide bonds. The second kappa shape index (κ2) is 6.28. The van der Waals surface area contributed by atoms with Crippen molar-refractivity contribution in [3.05, 3.63) is 29.3 Å². The zero-order valence-electron chi connectivity index (χ0n) is 10.1. The Morgan fingerprint density at radius 3 is 2.75 bits per heavy atom. The van der Waals surface area contributed by atoms with Crippen LogP contribution in [0.4, 0.5) is 0 Å². The second-order valence-electron chi connectivity index (χ2n) is 3.77. The first-order valence-corrected chi connectivity index (χ1v) is 5.41. The van der Waals surface area contributed by atoms with Gasteiger partial charge in [-0.25, -0.2) is 0 Å². The van der Waals surface area contributed by atoms with Gasteiger partial charge in [-0.05, 0) is 37.5 Å². The topological polar surface area (TPSA) is 35.5 Å². The molecule has 0 aliphatic carbocycles. The lowest BCUT2D eigenvalue weighted by atomic mass is 10.1. The van der Waals surface area contributed by atoms with E-state index in [2.05, 4.69) is 0 Å². The maximum Gasteiger partial charge on any atom is 0.311 e. The van der Waals surface area contributed by atoms with E-state index in [0.29, 0.717) is 25.2 Å². The van der Waals surface area contributed by atoms with Crippen LogP contribution < -0.4 is 4.74 Å². The van der Waals surface area contributed by atoms with Crippen LogP contribution in [0.2, 0.25) is 0 Å². The van der Waals surface area contributed by atoms with Gasteiger partial charge >= 0.3 is 5.97 Å². The molecule has 0 heterocycles. The van der Waals surface area contributed by atoms with Crippen molar-refractivity contribution in [1.29, 1.82) is 0 Å². The van der Waals surface area contributed by atoms with Crippen molar-refractivity contribution in [2.75, 3.05) is 13.7 Å². The summed E-state index contributed by atoms with van der Waals surface area (Å²) in [5.74, 6) is 0.452. The average Bonchev–Trinajstić information content (AvgIpc) is 2.25. The van der Waals surface area contributed by atoms with Crippen LogP contribution in [0.5, 0.6) is 5.75 Å². The summed E-state index contributed by atoms with van der Waals surface area (Å²) in [6.07, 6.45) is 1.08. The van der Waals surface area contributed by atoms with E-state index in [1.807, 2.05) is 32.0 Å². The van der Waals surface area contributed by atoms with Gasteiger partial charge in [0.2, 0.25) is 0 Å². The molecule has 1 aromatic carbocycles. The van der Waals surface area contributed by atoms with Gasteiger partial charge in [0, 0.05) is 20.1 Å². The smallest absolute Gasteiger partial charge is 0.311 e. The summed E-state index contributed by atoms with van der Waals surface area (Å²) in [4.78, 5) is 11.5. The van der Waals surface area contributed by atoms with E-state index in [4.69, 9.17) is 9.47 Å². The van der Waals surface area contributed by atoms with Gasteiger partial charge in [0.15, 0.2) is 0 Å². The van der Waals surface area contributed by atoms with Crippen molar-refractivity contribution in [3.63, 3.8) is 0 Å². The van der Waals surface area contributed by atoms with Gasteiger partial charge in [0.25, 0.3) is 0 Å². The number of carbonyl (C=O) groups is 1. The van der Waals surface area contributed by atoms with Crippen LogP contribution in [0.1, 0.15) is 24.0 Å². The maximum absolute atomic E-state index is 11.5. The molecule has 0 unspecified atom stereocenters. The van der Waals surface area contributed by atoms with Crippen molar-refractivity contribution in [2.45, 2.75) is 26.7 Å². The first kappa shape index (κ1) is 12.7. The first-order valence-electron chi connectivity index (χ1n) is 5.41. The Balaban J connectivity index is 2.53. The van der Waals surface area contributed by atoms with Crippen molar-refractivity contribution in [1.82, 2.24) is 0 Å². The summed E-state index contributed by atoms with van der Waals surface area (Å²) in [7, 11) is 1.62. The molecule has 0 bridgehead atoms. The molecule has 0 aliphatic rings. The average molecular weight is 222 g/mol. The quantitative estimate of drug-likeness (QED) is 0.436. The largest absolute Gasteiger partial charge is 0.426 e. The summed E-state index contributed by atoms with van der Waals surface area (Å²) in [6, 6.07) is 5.70. The molecule has 88 valence electrons. The summed E-state index contributed by atoms with van der Waals surface area (Å²) in [5, 5.41) is 0. The predicted octanol–water partition coefficient (Wildman–Crippen LogP) is 2.64. The molecule has 0 atom stereocenters. The van der Waals surface area contributed by atoms with Crippen LogP contribution in [0.25, 0.3) is 0 Å². The lowest BCUT2D eigenvalue weighted by Crippen LogP contribution is -2.09. The number of benzene rings is 1. The van der Waals surface area contributed by atoms with Crippen LogP contribution in [-0.2, 0) is 9.53 Å². The molecular formula is C13H18O3. The SMILES string of the molecule is COCCCC(=O)Oc1cccc(C)c1C. The Hall–Kier alpha value is -1.35. The summed E-state index contributed by atoms with van der Waals surface area (Å²) in [6.45, 7) is 4.53. The summed E-state index contributed by atoms with van der Waals surface area (Å²) in [5.41, 5.74) is 2.14. The fourth-order valence-corrected chi connectivity index (χ4v) is 1.37. The highest BCUT2D eigenvalue weighted by Crippen LogP contribution is 2.20. The third-order valence-corrected chi connectivity index (χ3v) is 2.51. The second-order valence-corrected chi connectivity index (χ2v) is 3.77. The molecule has 3 heteroatoms. The van der Waals surface area contributed by atoms with Crippen molar-refractivity contribution in [2.24, 2.45) is 0 Å². The molecule has 16 heavy (non-hydrogen) atoms. The zero-order chi connectivity index (χ0) is 12.0. The van der Waals surface area contributed by atoms with Gasteiger partial charge in [-0.1, -0.05) is 12.1 Å². The van der Waals surface area contributed by atoms with Crippen molar-refractivity contribution in [3.8, 4) is 5.75 Å². The van der Waals surface area contributed by atoms with Crippen LogP contribution in [-0.4, -0.2) is 19.7 Å². The highest BCUT2D eigenvalue weighted by atomic mass is 16.5. The van der Waals surface area contributed by atoms with Gasteiger partial charge in [0.05, 0.1) is 0 Å². The molecule has 1 rings (SSSR count). The molecule has 0 radical (unpaired) electrons. The molecule has 0 saturated carbocycles. The number of ether oxygens (including phenoxy) is 2. The fraction of sp³-hybridized carbons (Fsp3) is 0.462. The van der Waals surface area contributed by atoms with E-state index >= 15 is 0 Å². The first-order chi connectivity index (χ1) is 7.65. The Kier molecular flexibility index (Phi) is 4.99. The van der Waals surface area contributed by atoms with Gasteiger partial charge in [-0.2, -0.15) is 0 Å². The third-order valence-electron chi connectivity index (χ3n) is 2.51. The Bertz CT molecular complexity index is 358. The minimum atomic E-state index is -0.203. The number of aryl methyl sites for hydroxylation is 1. The summed E-state index contributed by atoms with van der Waals surface area (Å²) >= 11 is 0. The predicted molar refractivity (Wildman–Crippen MR) is 62.7 cm³/mol. The number of methoxy groups -OCH3 is 1. The van der Waals surface area contributed by atoms with Crippen molar-refractivity contribution < 1.29 is 14.3 Å². The van der Waals surface area contributed by atoms with Crippen LogP contribution >= 0.6 is 0 Å². The van der Waals surface area contributed by atoms with E-state index in [1.54, 1.807) is 7.11 Å². The van der Waals surface area contributed by atoms with Gasteiger partial charge in [0.1, 0.15) is 5.75 Å². The molecular weight excluding hydrogens is 204 g/mol. The highest BCUT2D eigenvalue weighted by molar-refractivity contribution is 5.72. The van der Waals surface area contributed by atoms with Crippen LogP contribution in [0.15, 0.2) is 18.2 Å². The van der Waals surface area contributed by atoms with E-state index in [9.17, 15) is 4.79 Å². The Labute approximate surface area is 96.4 Å². The molecule has 0 aliphatic heterocycles. The molecule has 3 nitrogen and oxygen atoms in total. The number of hydrogen-bond donors (Lipinski definition) is 0. The highest BCUT2D eigenvalue weighted by Gasteiger charge is 2.07. The molecule has 0 saturated heterocycles. The van der Waals surface area contributed by atoms with Gasteiger partial charge in [-0.3, -0.25) is 4.79 Å². The van der Waals surface area contributed by atoms with Crippen LogP contribution in [0.3, 0.4) is 0 Å². The Morgan fingerprint density at radius 1 is 1.31 bits per heavy atom. The standard InChI is InChI=1S/C13H18O3/c1-10-6-4-7-12(11(10)2)16-13(14)8-5-9-15-3/h4,6-7H,5,8-9H2,1-3H3. The number of esters is 1. The van der Waals surface area contributed by atoms with E-state index in [0.717, 1.165) is 11.1 Å². The number of carbonyl (C=O) groups excluding carboxylic acids is 1. The van der Waals surface area contributed by atoms with E-state index in [-0.39, 0.29) is 5.97 Å². The number of rotatable bonds is 5. The summed E-state index contributed by atoms with van der Waals surface area (Å²) < 4.78 is 10.2. The molecule has 0 spiro atoms. The minimum Gasteiger partial charge on any atom is -0.426 e. The molecule has 0 N–H and O–H groups in total. The third kappa shape index (κ3) is 3.66. The molecule has 0 fully saturated rings. The van der Waals surface area contributed by atoms with Gasteiger partial charge < -0.3 is 9.47 Å². The van der Waals surface area contributed by atoms with E-state index < -0.39 is 0 Å². The normalized spacial score (nSPS) is 10.2. The fourth-order valence-electron chi connectivity index (χ4n) is 1.37. The maximum atomic E-state index is 11.5. The zero-order valence-corrected chi connectivity index (χ0v) is 10.1. The minimum absolute atomic E-state index is 0.203. The van der Waals surface area contributed by atoms with Crippen molar-refractivity contribution >= 4 is 5.97 Å². The van der Waals surface area contributed by atoms with Crippen LogP contribution in [0, 0.1) is 13.8 Å².